The van der Waals surface area contributed by atoms with Gasteiger partial charge < -0.3 is 14.8 Å². The molecule has 1 aliphatic heterocycles. The van der Waals surface area contributed by atoms with E-state index < -0.39 is 23.9 Å². The molecule has 0 aromatic carbocycles. The molecule has 2 rings (SSSR count). The number of carboxylic acid groups (broad SMARTS) is 1. The first kappa shape index (κ1) is 15.0. The molecule has 3 N–H and O–H groups in total. The molecule has 2 heterocycles. The van der Waals surface area contributed by atoms with E-state index >= 15 is 0 Å². The van der Waals surface area contributed by atoms with Crippen molar-refractivity contribution in [2.75, 3.05) is 13.1 Å². The second-order valence-electron chi connectivity index (χ2n) is 4.78. The molecule has 1 fully saturated rings. The number of carbonyl (C=O) groups excluding carboxylic acids is 2. The predicted octanol–water partition coefficient (Wildman–Crippen LogP) is 0.154. The quantitative estimate of drug-likeness (QED) is 0.713. The standard InChI is InChI=1S/C13H17N3O5/c17-11(8-16-5-1-4-10(16)12(18)19)15-13(20)14-7-9-3-2-6-21-9/h2-3,6,10H,1,4-5,7-8H2,(H,18,19)(H2,14,15,17,20). The summed E-state index contributed by atoms with van der Waals surface area (Å²) in [5.74, 6) is -0.897. The summed E-state index contributed by atoms with van der Waals surface area (Å²) >= 11 is 0. The lowest BCUT2D eigenvalue weighted by molar-refractivity contribution is -0.142. The average Bonchev–Trinajstić information content (AvgIpc) is 3.06. The van der Waals surface area contributed by atoms with E-state index in [2.05, 4.69) is 10.6 Å². The van der Waals surface area contributed by atoms with Crippen LogP contribution in [0.15, 0.2) is 22.8 Å². The third-order valence-electron chi connectivity index (χ3n) is 3.25. The Balaban J connectivity index is 1.73. The van der Waals surface area contributed by atoms with Crippen molar-refractivity contribution in [3.05, 3.63) is 24.2 Å². The number of hydrogen-bond acceptors (Lipinski definition) is 5. The van der Waals surface area contributed by atoms with Gasteiger partial charge in [-0.25, -0.2) is 4.79 Å². The molecule has 1 atom stereocenters. The number of likely N-dealkylation sites (tertiary alicyclic amines) is 1. The summed E-state index contributed by atoms with van der Waals surface area (Å²) in [7, 11) is 0. The number of nitrogens with one attached hydrogen (secondary N) is 2. The molecular weight excluding hydrogens is 278 g/mol. The molecule has 0 saturated carbocycles. The molecule has 1 saturated heterocycles. The maximum absolute atomic E-state index is 11.7. The van der Waals surface area contributed by atoms with Gasteiger partial charge in [-0.3, -0.25) is 19.8 Å². The number of nitrogens with zero attached hydrogens (tertiary/aromatic N) is 1. The van der Waals surface area contributed by atoms with E-state index in [1.165, 1.54) is 6.26 Å². The van der Waals surface area contributed by atoms with Crippen LogP contribution >= 0.6 is 0 Å². The molecule has 8 heteroatoms. The van der Waals surface area contributed by atoms with Gasteiger partial charge in [0, 0.05) is 0 Å². The molecule has 0 spiro atoms. The fraction of sp³-hybridized carbons (Fsp3) is 0.462. The Morgan fingerprint density at radius 2 is 2.24 bits per heavy atom. The normalized spacial score (nSPS) is 18.4. The van der Waals surface area contributed by atoms with Crippen LogP contribution < -0.4 is 10.6 Å². The van der Waals surface area contributed by atoms with Crippen LogP contribution in [0.5, 0.6) is 0 Å². The van der Waals surface area contributed by atoms with Crippen LogP contribution in [0.3, 0.4) is 0 Å². The molecule has 1 unspecified atom stereocenters. The zero-order chi connectivity index (χ0) is 15.2. The molecular formula is C13H17N3O5. The van der Waals surface area contributed by atoms with E-state index in [9.17, 15) is 14.4 Å². The van der Waals surface area contributed by atoms with Gasteiger partial charge in [0.05, 0.1) is 19.4 Å². The zero-order valence-electron chi connectivity index (χ0n) is 11.4. The van der Waals surface area contributed by atoms with Crippen LogP contribution in [0.1, 0.15) is 18.6 Å². The number of urea groups is 1. The topological polar surface area (TPSA) is 112 Å². The molecule has 8 nitrogen and oxygen atoms in total. The van der Waals surface area contributed by atoms with Crippen molar-refractivity contribution in [2.24, 2.45) is 0 Å². The molecule has 3 amide bonds. The number of furan rings is 1. The van der Waals surface area contributed by atoms with Gasteiger partial charge in [0.2, 0.25) is 5.91 Å². The van der Waals surface area contributed by atoms with E-state index in [-0.39, 0.29) is 13.1 Å². The van der Waals surface area contributed by atoms with Crippen LogP contribution in [0.25, 0.3) is 0 Å². The zero-order valence-corrected chi connectivity index (χ0v) is 11.4. The highest BCUT2D eigenvalue weighted by Gasteiger charge is 2.31. The smallest absolute Gasteiger partial charge is 0.321 e. The molecule has 0 bridgehead atoms. The summed E-state index contributed by atoms with van der Waals surface area (Å²) in [6.45, 7) is 0.608. The Kier molecular flexibility index (Phi) is 4.94. The first-order chi connectivity index (χ1) is 10.1. The third-order valence-corrected chi connectivity index (χ3v) is 3.25. The van der Waals surface area contributed by atoms with Gasteiger partial charge in [-0.05, 0) is 31.5 Å². The summed E-state index contributed by atoms with van der Waals surface area (Å²) < 4.78 is 5.04. The van der Waals surface area contributed by atoms with Crippen LogP contribution in [0.4, 0.5) is 4.79 Å². The summed E-state index contributed by atoms with van der Waals surface area (Å²) in [6.07, 6.45) is 2.74. The van der Waals surface area contributed by atoms with Crippen LogP contribution in [-0.2, 0) is 16.1 Å². The second kappa shape index (κ2) is 6.89. The van der Waals surface area contributed by atoms with Crippen molar-refractivity contribution in [1.82, 2.24) is 15.5 Å². The summed E-state index contributed by atoms with van der Waals surface area (Å²) in [6, 6.07) is 2.10. The molecule has 21 heavy (non-hydrogen) atoms. The number of carboxylic acids is 1. The van der Waals surface area contributed by atoms with E-state index in [0.717, 1.165) is 6.42 Å². The monoisotopic (exact) mass is 295 g/mol. The van der Waals surface area contributed by atoms with Crippen molar-refractivity contribution in [2.45, 2.75) is 25.4 Å². The van der Waals surface area contributed by atoms with Crippen molar-refractivity contribution >= 4 is 17.9 Å². The van der Waals surface area contributed by atoms with Gasteiger partial charge in [-0.1, -0.05) is 0 Å². The number of rotatable bonds is 5. The van der Waals surface area contributed by atoms with Crippen molar-refractivity contribution in [3.63, 3.8) is 0 Å². The third kappa shape index (κ3) is 4.32. The van der Waals surface area contributed by atoms with Gasteiger partial charge in [0.15, 0.2) is 0 Å². The number of aliphatic carboxylic acids is 1. The minimum Gasteiger partial charge on any atom is -0.480 e. The van der Waals surface area contributed by atoms with E-state index in [0.29, 0.717) is 18.7 Å². The summed E-state index contributed by atoms with van der Waals surface area (Å²) in [5.41, 5.74) is 0. The SMILES string of the molecule is O=C(CN1CCCC1C(=O)O)NC(=O)NCc1ccco1. The number of hydrogen-bond donors (Lipinski definition) is 3. The average molecular weight is 295 g/mol. The molecule has 1 aliphatic rings. The highest BCUT2D eigenvalue weighted by molar-refractivity contribution is 5.95. The number of carbonyl (C=O) groups is 3. The van der Waals surface area contributed by atoms with Crippen LogP contribution in [0, 0.1) is 0 Å². The fourth-order valence-electron chi connectivity index (χ4n) is 2.27. The van der Waals surface area contributed by atoms with Crippen LogP contribution in [0.2, 0.25) is 0 Å². The van der Waals surface area contributed by atoms with E-state index in [1.54, 1.807) is 17.0 Å². The van der Waals surface area contributed by atoms with Gasteiger partial charge in [-0.15, -0.1) is 0 Å². The van der Waals surface area contributed by atoms with Crippen molar-refractivity contribution in [3.8, 4) is 0 Å². The number of amides is 3. The van der Waals surface area contributed by atoms with E-state index in [1.807, 2.05) is 0 Å². The first-order valence-electron chi connectivity index (χ1n) is 6.63. The maximum atomic E-state index is 11.7. The van der Waals surface area contributed by atoms with Crippen LogP contribution in [-0.4, -0.2) is 47.0 Å². The lowest BCUT2D eigenvalue weighted by Crippen LogP contribution is -2.46. The van der Waals surface area contributed by atoms with Gasteiger partial charge in [0.25, 0.3) is 0 Å². The van der Waals surface area contributed by atoms with E-state index in [4.69, 9.17) is 9.52 Å². The molecule has 1 aromatic heterocycles. The Morgan fingerprint density at radius 3 is 2.90 bits per heavy atom. The molecule has 114 valence electrons. The molecule has 0 radical (unpaired) electrons. The fourth-order valence-corrected chi connectivity index (χ4v) is 2.27. The first-order valence-corrected chi connectivity index (χ1v) is 6.63. The van der Waals surface area contributed by atoms with Crippen molar-refractivity contribution in [1.29, 1.82) is 0 Å². The largest absolute Gasteiger partial charge is 0.480 e. The Morgan fingerprint density at radius 1 is 1.43 bits per heavy atom. The minimum atomic E-state index is -0.942. The van der Waals surface area contributed by atoms with Gasteiger partial charge in [-0.2, -0.15) is 0 Å². The summed E-state index contributed by atoms with van der Waals surface area (Å²) in [4.78, 5) is 35.8. The lowest BCUT2D eigenvalue weighted by atomic mass is 10.2. The predicted molar refractivity (Wildman–Crippen MR) is 71.3 cm³/mol. The summed E-state index contributed by atoms with van der Waals surface area (Å²) in [5, 5.41) is 13.6. The Labute approximate surface area is 121 Å². The van der Waals surface area contributed by atoms with Crippen molar-refractivity contribution < 1.29 is 23.9 Å². The molecule has 1 aromatic rings. The molecule has 0 aliphatic carbocycles. The Bertz CT molecular complexity index is 514. The lowest BCUT2D eigenvalue weighted by Gasteiger charge is -2.19. The van der Waals surface area contributed by atoms with Gasteiger partial charge >= 0.3 is 12.0 Å². The highest BCUT2D eigenvalue weighted by atomic mass is 16.4. The second-order valence-corrected chi connectivity index (χ2v) is 4.78. The highest BCUT2D eigenvalue weighted by Crippen LogP contribution is 2.16. The maximum Gasteiger partial charge on any atom is 0.321 e. The minimum absolute atomic E-state index is 0.106. The number of imide groups is 1. The van der Waals surface area contributed by atoms with Gasteiger partial charge in [0.1, 0.15) is 11.8 Å². The Hall–Kier alpha value is -2.35.